The van der Waals surface area contributed by atoms with Gasteiger partial charge in [0.1, 0.15) is 0 Å². The second kappa shape index (κ2) is 3.15. The normalized spacial score (nSPS) is 29.3. The Labute approximate surface area is 56.4 Å². The first-order valence-electron chi connectivity index (χ1n) is 3.33. The van der Waals surface area contributed by atoms with Gasteiger partial charge in [-0.05, 0) is 20.5 Å². The van der Waals surface area contributed by atoms with E-state index in [-0.39, 0.29) is 0 Å². The molecule has 1 unspecified atom stereocenters. The van der Waals surface area contributed by atoms with Crippen LogP contribution >= 0.6 is 0 Å². The number of nitrogens with one attached hydrogen (secondary N) is 2. The van der Waals surface area contributed by atoms with Gasteiger partial charge in [0.15, 0.2) is 0 Å². The van der Waals surface area contributed by atoms with Crippen LogP contribution in [0.25, 0.3) is 0 Å². The Hall–Kier alpha value is -0.120. The second-order valence-electron chi connectivity index (χ2n) is 2.25. The number of hydrogen-bond donors (Lipinski definition) is 2. The zero-order valence-corrected chi connectivity index (χ0v) is 6.02. The Morgan fingerprint density at radius 1 is 1.56 bits per heavy atom. The number of hydrazine groups is 1. The fraction of sp³-hybridized carbons (Fsp3) is 0.833. The smallest absolute Gasteiger partial charge is 0.0581 e. The summed E-state index contributed by atoms with van der Waals surface area (Å²) in [6, 6.07) is 0.567. The van der Waals surface area contributed by atoms with E-state index in [2.05, 4.69) is 22.3 Å². The van der Waals surface area contributed by atoms with E-state index in [9.17, 15) is 0 Å². The topological polar surface area (TPSA) is 27.3 Å². The van der Waals surface area contributed by atoms with Crippen LogP contribution in [0.2, 0.25) is 0 Å². The highest BCUT2D eigenvalue weighted by atomic mass is 15.5. The summed E-state index contributed by atoms with van der Waals surface area (Å²) in [6.07, 6.45) is 1.21. The largest absolute Gasteiger partial charge is 0.315 e. The number of nitrogens with zero attached hydrogens (tertiary/aromatic N) is 1. The summed E-state index contributed by atoms with van der Waals surface area (Å²) in [5.74, 6) is 0. The first kappa shape index (κ1) is 6.99. The molecule has 1 atom stereocenters. The molecule has 3 heteroatoms. The van der Waals surface area contributed by atoms with Crippen LogP contribution in [0, 0.1) is 6.54 Å². The first-order chi connectivity index (χ1) is 4.36. The van der Waals surface area contributed by atoms with E-state index in [0.29, 0.717) is 6.04 Å². The lowest BCUT2D eigenvalue weighted by Gasteiger charge is -2.12. The monoisotopic (exact) mass is 128 g/mol. The molecule has 1 saturated heterocycles. The third-order valence-electron chi connectivity index (χ3n) is 1.70. The molecule has 1 aliphatic rings. The van der Waals surface area contributed by atoms with E-state index in [1.54, 1.807) is 0 Å². The molecule has 9 heavy (non-hydrogen) atoms. The molecule has 0 aromatic carbocycles. The van der Waals surface area contributed by atoms with Crippen LogP contribution in [0.5, 0.6) is 0 Å². The molecule has 2 N–H and O–H groups in total. The molecule has 0 spiro atoms. The van der Waals surface area contributed by atoms with Crippen LogP contribution in [-0.2, 0) is 0 Å². The lowest BCUT2D eigenvalue weighted by molar-refractivity contribution is 0.302. The maximum Gasteiger partial charge on any atom is 0.0581 e. The van der Waals surface area contributed by atoms with Gasteiger partial charge >= 0.3 is 0 Å². The van der Waals surface area contributed by atoms with Gasteiger partial charge in [0.2, 0.25) is 0 Å². The molecule has 1 aliphatic heterocycles. The van der Waals surface area contributed by atoms with Crippen molar-refractivity contribution in [2.75, 3.05) is 20.6 Å². The second-order valence-corrected chi connectivity index (χ2v) is 2.25. The van der Waals surface area contributed by atoms with Gasteiger partial charge < -0.3 is 5.32 Å². The SMILES string of the molecule is CNC1[CH]N(NC)CC1. The fourth-order valence-corrected chi connectivity index (χ4v) is 1.05. The van der Waals surface area contributed by atoms with Crippen LogP contribution in [0.1, 0.15) is 6.42 Å². The van der Waals surface area contributed by atoms with Crippen LogP contribution in [-0.4, -0.2) is 31.7 Å². The molecule has 53 valence electrons. The van der Waals surface area contributed by atoms with Gasteiger partial charge in [-0.2, -0.15) is 0 Å². The summed E-state index contributed by atoms with van der Waals surface area (Å²) < 4.78 is 0. The molecular weight excluding hydrogens is 114 g/mol. The third-order valence-corrected chi connectivity index (χ3v) is 1.70. The van der Waals surface area contributed by atoms with Gasteiger partial charge in [0.05, 0.1) is 6.54 Å². The maximum absolute atomic E-state index is 3.19. The Morgan fingerprint density at radius 2 is 2.33 bits per heavy atom. The molecule has 0 aliphatic carbocycles. The van der Waals surface area contributed by atoms with E-state index in [4.69, 9.17) is 0 Å². The molecule has 1 fully saturated rings. The summed E-state index contributed by atoms with van der Waals surface area (Å²) in [6.45, 7) is 3.28. The maximum atomic E-state index is 3.19. The molecule has 0 aromatic rings. The Balaban J connectivity index is 2.20. The highest BCUT2D eigenvalue weighted by Gasteiger charge is 2.19. The lowest BCUT2D eigenvalue weighted by Crippen LogP contribution is -2.31. The average Bonchev–Trinajstić information content (AvgIpc) is 2.34. The van der Waals surface area contributed by atoms with Crippen molar-refractivity contribution in [1.29, 1.82) is 0 Å². The zero-order chi connectivity index (χ0) is 6.69. The zero-order valence-electron chi connectivity index (χ0n) is 6.02. The van der Waals surface area contributed by atoms with E-state index in [0.717, 1.165) is 6.54 Å². The van der Waals surface area contributed by atoms with Crippen molar-refractivity contribution in [1.82, 2.24) is 15.8 Å². The van der Waals surface area contributed by atoms with Crippen molar-refractivity contribution in [2.24, 2.45) is 0 Å². The van der Waals surface area contributed by atoms with Crippen LogP contribution in [0.15, 0.2) is 0 Å². The molecule has 1 radical (unpaired) electrons. The van der Waals surface area contributed by atoms with Gasteiger partial charge in [-0.25, -0.2) is 5.01 Å². The Morgan fingerprint density at radius 3 is 2.67 bits per heavy atom. The van der Waals surface area contributed by atoms with Crippen LogP contribution in [0.3, 0.4) is 0 Å². The van der Waals surface area contributed by atoms with Crippen molar-refractivity contribution in [3.63, 3.8) is 0 Å². The van der Waals surface area contributed by atoms with E-state index in [1.165, 1.54) is 6.42 Å². The molecular formula is C6H14N3. The summed E-state index contributed by atoms with van der Waals surface area (Å²) in [4.78, 5) is 0. The van der Waals surface area contributed by atoms with E-state index >= 15 is 0 Å². The van der Waals surface area contributed by atoms with Crippen molar-refractivity contribution < 1.29 is 0 Å². The molecule has 0 amide bonds. The molecule has 0 aromatic heterocycles. The van der Waals surface area contributed by atoms with Crippen molar-refractivity contribution >= 4 is 0 Å². The van der Waals surface area contributed by atoms with Gasteiger partial charge in [0, 0.05) is 12.6 Å². The van der Waals surface area contributed by atoms with Crippen molar-refractivity contribution in [3.8, 4) is 0 Å². The van der Waals surface area contributed by atoms with Gasteiger partial charge in [-0.3, -0.25) is 5.43 Å². The summed E-state index contributed by atoms with van der Waals surface area (Å²) in [7, 11) is 3.93. The van der Waals surface area contributed by atoms with Crippen molar-refractivity contribution in [3.05, 3.63) is 6.54 Å². The quantitative estimate of drug-likeness (QED) is 0.529. The van der Waals surface area contributed by atoms with Gasteiger partial charge in [0.25, 0.3) is 0 Å². The predicted molar refractivity (Wildman–Crippen MR) is 37.5 cm³/mol. The van der Waals surface area contributed by atoms with Gasteiger partial charge in [-0.15, -0.1) is 0 Å². The third kappa shape index (κ3) is 1.64. The van der Waals surface area contributed by atoms with E-state index < -0.39 is 0 Å². The van der Waals surface area contributed by atoms with Crippen LogP contribution < -0.4 is 10.7 Å². The first-order valence-corrected chi connectivity index (χ1v) is 3.33. The minimum absolute atomic E-state index is 0.567. The molecule has 1 heterocycles. The lowest BCUT2D eigenvalue weighted by atomic mass is 10.3. The standard InChI is InChI=1S/C6H14N3/c1-7-6-3-4-9(5-6)8-2/h5-8H,3-4H2,1-2H3. The predicted octanol–water partition coefficient (Wildman–Crippen LogP) is -0.424. The van der Waals surface area contributed by atoms with Crippen LogP contribution in [0.4, 0.5) is 0 Å². The summed E-state index contributed by atoms with van der Waals surface area (Å²) in [5.41, 5.74) is 3.07. The van der Waals surface area contributed by atoms with E-state index in [1.807, 2.05) is 14.1 Å². The minimum atomic E-state index is 0.567. The summed E-state index contributed by atoms with van der Waals surface area (Å²) in [5, 5.41) is 5.29. The average molecular weight is 128 g/mol. The minimum Gasteiger partial charge on any atom is -0.315 e. The van der Waals surface area contributed by atoms with Gasteiger partial charge in [-0.1, -0.05) is 0 Å². The molecule has 0 bridgehead atoms. The Bertz CT molecular complexity index is 74.4. The van der Waals surface area contributed by atoms with Crippen molar-refractivity contribution in [2.45, 2.75) is 12.5 Å². The Kier molecular flexibility index (Phi) is 2.45. The number of hydrogen-bond acceptors (Lipinski definition) is 3. The fourth-order valence-electron chi connectivity index (χ4n) is 1.05. The highest BCUT2D eigenvalue weighted by Crippen LogP contribution is 2.08. The molecule has 3 nitrogen and oxygen atoms in total. The molecule has 0 saturated carbocycles. The number of rotatable bonds is 2. The highest BCUT2D eigenvalue weighted by molar-refractivity contribution is 4.87. The number of likely N-dealkylation sites (N-methyl/N-ethyl adjacent to an activating group) is 1. The molecule has 1 rings (SSSR count). The summed E-state index contributed by atoms with van der Waals surface area (Å²) >= 11 is 0.